The second-order valence-corrected chi connectivity index (χ2v) is 6.49. The first-order chi connectivity index (χ1) is 9.00. The highest BCUT2D eigenvalue weighted by molar-refractivity contribution is 9.10. The summed E-state index contributed by atoms with van der Waals surface area (Å²) in [5, 5.41) is 3.15. The van der Waals surface area contributed by atoms with E-state index in [2.05, 4.69) is 41.2 Å². The van der Waals surface area contributed by atoms with Crippen LogP contribution in [0, 0.1) is 0 Å². The molecule has 0 amide bonds. The summed E-state index contributed by atoms with van der Waals surface area (Å²) >= 11 is 3.54. The Morgan fingerprint density at radius 1 is 1.47 bits per heavy atom. The SMILES string of the molecule is CNCc1cc(OCC2CCC(C)(C)O2)ccc1Br. The molecule has 2 rings (SSSR count). The van der Waals surface area contributed by atoms with Gasteiger partial charge in [-0.3, -0.25) is 0 Å². The van der Waals surface area contributed by atoms with Crippen molar-refractivity contribution in [1.82, 2.24) is 5.32 Å². The van der Waals surface area contributed by atoms with Crippen LogP contribution in [0.5, 0.6) is 5.75 Å². The molecule has 1 heterocycles. The maximum Gasteiger partial charge on any atom is 0.119 e. The third kappa shape index (κ3) is 4.20. The molecule has 4 heteroatoms. The molecule has 1 fully saturated rings. The molecule has 0 aliphatic carbocycles. The Morgan fingerprint density at radius 2 is 2.26 bits per heavy atom. The van der Waals surface area contributed by atoms with Gasteiger partial charge in [-0.25, -0.2) is 0 Å². The Morgan fingerprint density at radius 3 is 2.89 bits per heavy atom. The Hall–Kier alpha value is -0.580. The van der Waals surface area contributed by atoms with Crippen LogP contribution in [0.3, 0.4) is 0 Å². The highest BCUT2D eigenvalue weighted by Crippen LogP contribution is 2.30. The lowest BCUT2D eigenvalue weighted by Gasteiger charge is -2.19. The molecule has 106 valence electrons. The van der Waals surface area contributed by atoms with E-state index in [4.69, 9.17) is 9.47 Å². The fourth-order valence-electron chi connectivity index (χ4n) is 2.35. The largest absolute Gasteiger partial charge is 0.491 e. The summed E-state index contributed by atoms with van der Waals surface area (Å²) in [6.45, 7) is 5.73. The minimum atomic E-state index is 0.00499. The Bertz CT molecular complexity index is 434. The zero-order chi connectivity index (χ0) is 13.9. The summed E-state index contributed by atoms with van der Waals surface area (Å²) in [7, 11) is 1.94. The van der Waals surface area contributed by atoms with Crippen LogP contribution >= 0.6 is 15.9 Å². The predicted molar refractivity (Wildman–Crippen MR) is 80.6 cm³/mol. The summed E-state index contributed by atoms with van der Waals surface area (Å²) in [6, 6.07) is 6.09. The minimum Gasteiger partial charge on any atom is -0.491 e. The zero-order valence-electron chi connectivity index (χ0n) is 11.8. The van der Waals surface area contributed by atoms with Crippen LogP contribution in [0.15, 0.2) is 22.7 Å². The summed E-state index contributed by atoms with van der Waals surface area (Å²) in [5.41, 5.74) is 1.21. The number of benzene rings is 1. The molecule has 1 aromatic carbocycles. The van der Waals surface area contributed by atoms with Gasteiger partial charge in [0, 0.05) is 11.0 Å². The number of ether oxygens (including phenoxy) is 2. The molecule has 3 nitrogen and oxygen atoms in total. The van der Waals surface area contributed by atoms with Crippen LogP contribution < -0.4 is 10.1 Å². The van der Waals surface area contributed by atoms with E-state index in [0.29, 0.717) is 6.61 Å². The molecule has 1 aliphatic heterocycles. The summed E-state index contributed by atoms with van der Waals surface area (Å²) in [6.07, 6.45) is 2.39. The van der Waals surface area contributed by atoms with Crippen molar-refractivity contribution in [3.05, 3.63) is 28.2 Å². The number of hydrogen-bond donors (Lipinski definition) is 1. The molecule has 0 aromatic heterocycles. The molecule has 1 N–H and O–H groups in total. The number of halogens is 1. The second-order valence-electron chi connectivity index (χ2n) is 5.63. The van der Waals surface area contributed by atoms with Gasteiger partial charge < -0.3 is 14.8 Å². The number of hydrogen-bond acceptors (Lipinski definition) is 3. The van der Waals surface area contributed by atoms with Gasteiger partial charge in [0.2, 0.25) is 0 Å². The van der Waals surface area contributed by atoms with Crippen LogP contribution in [-0.4, -0.2) is 25.4 Å². The van der Waals surface area contributed by atoms with E-state index >= 15 is 0 Å². The summed E-state index contributed by atoms with van der Waals surface area (Å²) in [4.78, 5) is 0. The van der Waals surface area contributed by atoms with E-state index < -0.39 is 0 Å². The first-order valence-electron chi connectivity index (χ1n) is 6.74. The molecule has 1 aliphatic rings. The lowest BCUT2D eigenvalue weighted by molar-refractivity contribution is -0.0326. The predicted octanol–water partition coefficient (Wildman–Crippen LogP) is 3.50. The lowest BCUT2D eigenvalue weighted by Crippen LogP contribution is -2.23. The van der Waals surface area contributed by atoms with Crippen molar-refractivity contribution in [2.45, 2.75) is 44.9 Å². The van der Waals surface area contributed by atoms with Crippen LogP contribution in [-0.2, 0) is 11.3 Å². The normalized spacial score (nSPS) is 21.6. The van der Waals surface area contributed by atoms with E-state index in [1.807, 2.05) is 19.2 Å². The van der Waals surface area contributed by atoms with Gasteiger partial charge in [-0.2, -0.15) is 0 Å². The molecule has 1 atom stereocenters. The molecule has 0 spiro atoms. The van der Waals surface area contributed by atoms with Gasteiger partial charge in [-0.15, -0.1) is 0 Å². The van der Waals surface area contributed by atoms with E-state index in [-0.39, 0.29) is 11.7 Å². The topological polar surface area (TPSA) is 30.5 Å². The molecule has 0 saturated carbocycles. The van der Waals surface area contributed by atoms with Crippen molar-refractivity contribution in [3.63, 3.8) is 0 Å². The van der Waals surface area contributed by atoms with Crippen molar-refractivity contribution in [1.29, 1.82) is 0 Å². The van der Waals surface area contributed by atoms with Crippen molar-refractivity contribution in [2.75, 3.05) is 13.7 Å². The van der Waals surface area contributed by atoms with Gasteiger partial charge in [-0.1, -0.05) is 15.9 Å². The second kappa shape index (κ2) is 6.25. The number of rotatable bonds is 5. The fourth-order valence-corrected chi connectivity index (χ4v) is 2.74. The Balaban J connectivity index is 1.91. The van der Waals surface area contributed by atoms with E-state index in [1.165, 1.54) is 5.56 Å². The van der Waals surface area contributed by atoms with Crippen LogP contribution in [0.25, 0.3) is 0 Å². The van der Waals surface area contributed by atoms with Gasteiger partial charge in [-0.05, 0) is 57.5 Å². The van der Waals surface area contributed by atoms with Crippen molar-refractivity contribution in [3.8, 4) is 5.75 Å². The fraction of sp³-hybridized carbons (Fsp3) is 0.600. The zero-order valence-corrected chi connectivity index (χ0v) is 13.4. The van der Waals surface area contributed by atoms with Crippen molar-refractivity contribution in [2.24, 2.45) is 0 Å². The molecular weight excluding hydrogens is 306 g/mol. The summed E-state index contributed by atoms with van der Waals surface area (Å²) < 4.78 is 12.9. The first kappa shape index (κ1) is 14.8. The number of nitrogens with one attached hydrogen (secondary N) is 1. The molecular formula is C15H22BrNO2. The Labute approximate surface area is 123 Å². The van der Waals surface area contributed by atoms with Crippen LogP contribution in [0.4, 0.5) is 0 Å². The molecule has 19 heavy (non-hydrogen) atoms. The minimum absolute atomic E-state index is 0.00499. The van der Waals surface area contributed by atoms with Crippen LogP contribution in [0.1, 0.15) is 32.3 Å². The van der Waals surface area contributed by atoms with Gasteiger partial charge in [0.25, 0.3) is 0 Å². The molecule has 1 unspecified atom stereocenters. The molecule has 1 saturated heterocycles. The average Bonchev–Trinajstić information content (AvgIpc) is 2.70. The third-order valence-corrected chi connectivity index (χ3v) is 4.15. The quantitative estimate of drug-likeness (QED) is 0.897. The van der Waals surface area contributed by atoms with Crippen molar-refractivity contribution < 1.29 is 9.47 Å². The van der Waals surface area contributed by atoms with Gasteiger partial charge in [0.05, 0.1) is 11.7 Å². The van der Waals surface area contributed by atoms with Gasteiger partial charge in [0.15, 0.2) is 0 Å². The van der Waals surface area contributed by atoms with Crippen LogP contribution in [0.2, 0.25) is 0 Å². The highest BCUT2D eigenvalue weighted by atomic mass is 79.9. The average molecular weight is 328 g/mol. The standard InChI is InChI=1S/C15H22BrNO2/c1-15(2)7-6-13(19-15)10-18-12-4-5-14(16)11(8-12)9-17-3/h4-5,8,13,17H,6-7,9-10H2,1-3H3. The molecule has 0 bridgehead atoms. The highest BCUT2D eigenvalue weighted by Gasteiger charge is 2.31. The molecule has 1 aromatic rings. The smallest absolute Gasteiger partial charge is 0.119 e. The summed E-state index contributed by atoms with van der Waals surface area (Å²) in [5.74, 6) is 0.904. The van der Waals surface area contributed by atoms with E-state index in [1.54, 1.807) is 0 Å². The van der Waals surface area contributed by atoms with Gasteiger partial charge in [0.1, 0.15) is 12.4 Å². The maximum atomic E-state index is 5.93. The Kier molecular flexibility index (Phi) is 4.87. The first-order valence-corrected chi connectivity index (χ1v) is 7.53. The third-order valence-electron chi connectivity index (χ3n) is 3.37. The monoisotopic (exact) mass is 327 g/mol. The van der Waals surface area contributed by atoms with E-state index in [0.717, 1.165) is 29.6 Å². The van der Waals surface area contributed by atoms with E-state index in [9.17, 15) is 0 Å². The van der Waals surface area contributed by atoms with Gasteiger partial charge >= 0.3 is 0 Å². The maximum absolute atomic E-state index is 5.93. The van der Waals surface area contributed by atoms with Crippen molar-refractivity contribution >= 4 is 15.9 Å². The molecule has 0 radical (unpaired) electrons. The lowest BCUT2D eigenvalue weighted by atomic mass is 10.1.